The lowest BCUT2D eigenvalue weighted by atomic mass is 9.91. The number of hydrogen-bond donors (Lipinski definition) is 0. The van der Waals surface area contributed by atoms with Gasteiger partial charge in [0, 0.05) is 32.9 Å². The number of fused-ring (bicyclic) bond motifs is 2. The number of anilines is 6. The van der Waals surface area contributed by atoms with Crippen molar-refractivity contribution in [1.82, 2.24) is 0 Å². The van der Waals surface area contributed by atoms with Gasteiger partial charge in [-0.1, -0.05) is 148 Å². The molecule has 0 saturated heterocycles. The summed E-state index contributed by atoms with van der Waals surface area (Å²) < 4.78 is 0. The maximum absolute atomic E-state index is 2.54. The molecule has 2 heteroatoms. The molecule has 10 aromatic carbocycles. The summed E-state index contributed by atoms with van der Waals surface area (Å²) in [5.41, 5.74) is 14.9. The Kier molecular flexibility index (Phi) is 9.99. The molecule has 10 rings (SSSR count). The lowest BCUT2D eigenvalue weighted by Gasteiger charge is -2.32. The van der Waals surface area contributed by atoms with Crippen molar-refractivity contribution < 1.29 is 0 Å². The van der Waals surface area contributed by atoms with Gasteiger partial charge >= 0.3 is 0 Å². The minimum atomic E-state index is 0.594. The molecule has 0 N–H and O–H groups in total. The first-order chi connectivity index (χ1) is 30.0. The molecule has 0 aromatic heterocycles. The van der Waals surface area contributed by atoms with E-state index in [1.807, 2.05) is 0 Å². The second-order valence-electron chi connectivity index (χ2n) is 18.7. The summed E-state index contributed by atoms with van der Waals surface area (Å²) in [6, 6.07) is 60.3. The summed E-state index contributed by atoms with van der Waals surface area (Å²) >= 11 is 0. The van der Waals surface area contributed by atoms with Crippen LogP contribution >= 0.6 is 0 Å². The first kappa shape index (κ1) is 39.5. The van der Waals surface area contributed by atoms with Gasteiger partial charge in [-0.3, -0.25) is 0 Å². The zero-order valence-electron chi connectivity index (χ0n) is 37.5. The van der Waals surface area contributed by atoms with Gasteiger partial charge < -0.3 is 9.80 Å². The molecular formula is C60H56N2. The van der Waals surface area contributed by atoms with Gasteiger partial charge in [-0.05, 0) is 155 Å². The maximum atomic E-state index is 2.54. The van der Waals surface area contributed by atoms with Crippen molar-refractivity contribution in [3.63, 3.8) is 0 Å². The molecule has 0 spiro atoms. The van der Waals surface area contributed by atoms with Crippen molar-refractivity contribution in [2.45, 2.75) is 68.2 Å². The van der Waals surface area contributed by atoms with Crippen LogP contribution in [0, 0.1) is 39.5 Å². The van der Waals surface area contributed by atoms with E-state index in [0.29, 0.717) is 11.8 Å². The van der Waals surface area contributed by atoms with Crippen LogP contribution in [0.2, 0.25) is 0 Å². The molecule has 62 heavy (non-hydrogen) atoms. The average molecular weight is 805 g/mol. The molecular weight excluding hydrogens is 749 g/mol. The van der Waals surface area contributed by atoms with Crippen LogP contribution in [0.1, 0.15) is 61.1 Å². The molecule has 10 aromatic rings. The minimum absolute atomic E-state index is 0.594. The van der Waals surface area contributed by atoms with Gasteiger partial charge in [-0.25, -0.2) is 0 Å². The molecule has 0 atom stereocenters. The molecule has 0 heterocycles. The van der Waals surface area contributed by atoms with Gasteiger partial charge in [-0.2, -0.15) is 0 Å². The smallest absolute Gasteiger partial charge is 0.0569 e. The van der Waals surface area contributed by atoms with Crippen LogP contribution in [0.3, 0.4) is 0 Å². The molecule has 0 aliphatic carbocycles. The Hall–Kier alpha value is -6.64. The van der Waals surface area contributed by atoms with E-state index < -0.39 is 0 Å². The minimum Gasteiger partial charge on any atom is -0.309 e. The van der Waals surface area contributed by atoms with Gasteiger partial charge in [0.05, 0.1) is 22.7 Å². The molecule has 0 aliphatic heterocycles. The maximum Gasteiger partial charge on any atom is 0.0569 e. The lowest BCUT2D eigenvalue weighted by molar-refractivity contribution is 0.647. The summed E-state index contributed by atoms with van der Waals surface area (Å²) in [7, 11) is 0. The van der Waals surface area contributed by atoms with Crippen molar-refractivity contribution in [3.8, 4) is 0 Å². The highest BCUT2D eigenvalue weighted by molar-refractivity contribution is 6.28. The fourth-order valence-electron chi connectivity index (χ4n) is 10.1. The Morgan fingerprint density at radius 1 is 0.355 bits per heavy atom. The van der Waals surface area contributed by atoms with Crippen LogP contribution in [0.15, 0.2) is 158 Å². The number of aryl methyl sites for hydroxylation is 4. The van der Waals surface area contributed by atoms with Gasteiger partial charge in [0.1, 0.15) is 0 Å². The topological polar surface area (TPSA) is 6.48 Å². The number of hydrogen-bond acceptors (Lipinski definition) is 2. The van der Waals surface area contributed by atoms with Crippen molar-refractivity contribution in [2.24, 2.45) is 11.8 Å². The van der Waals surface area contributed by atoms with Crippen molar-refractivity contribution in [2.75, 3.05) is 9.80 Å². The standard InChI is InChI=1S/C60H56N2/c1-37(2)33-43-13-25-49(26-14-43)61(59-41(7)11-19-45-17-9-39(5)35-53(45)59)55-31-23-47-22-30-52-56(32-24-48-21-29-51(55)57(47)58(48)52)62(50-27-15-44(16-28-50)34-38(3)4)60-42(8)12-20-46-18-10-40(6)36-54(46)60/h9-32,35-38H,33-34H2,1-8H3. The predicted molar refractivity (Wildman–Crippen MR) is 271 cm³/mol. The van der Waals surface area contributed by atoms with Crippen molar-refractivity contribution in [3.05, 3.63) is 191 Å². The van der Waals surface area contributed by atoms with Gasteiger partial charge in [0.25, 0.3) is 0 Å². The zero-order valence-corrected chi connectivity index (χ0v) is 37.5. The van der Waals surface area contributed by atoms with E-state index in [1.54, 1.807) is 0 Å². The normalized spacial score (nSPS) is 12.0. The molecule has 0 bridgehead atoms. The number of nitrogens with zero attached hydrogens (tertiary/aromatic N) is 2. The molecule has 306 valence electrons. The Bertz CT molecular complexity index is 3050. The fourth-order valence-corrected chi connectivity index (χ4v) is 10.1. The van der Waals surface area contributed by atoms with Crippen LogP contribution < -0.4 is 9.80 Å². The van der Waals surface area contributed by atoms with Gasteiger partial charge in [0.15, 0.2) is 0 Å². The SMILES string of the molecule is Cc1ccc2ccc(C)c(N(c3ccc(CC(C)C)cc3)c3ccc4ccc5c(N(c6ccc(CC(C)C)cc6)c6c(C)ccc7ccc(C)cc67)ccc6ccc3c4c65)c2c1. The van der Waals surface area contributed by atoms with E-state index in [-0.39, 0.29) is 0 Å². The molecule has 0 aliphatic rings. The Balaban J connectivity index is 1.25. The zero-order chi connectivity index (χ0) is 42.8. The monoisotopic (exact) mass is 804 g/mol. The highest BCUT2D eigenvalue weighted by Gasteiger charge is 2.25. The van der Waals surface area contributed by atoms with E-state index in [1.165, 1.54) is 121 Å². The summed E-state index contributed by atoms with van der Waals surface area (Å²) in [5.74, 6) is 1.19. The Labute approximate surface area is 367 Å². The van der Waals surface area contributed by atoms with E-state index in [4.69, 9.17) is 0 Å². The second kappa shape index (κ2) is 15.7. The van der Waals surface area contributed by atoms with Crippen molar-refractivity contribution in [1.29, 1.82) is 0 Å². The molecule has 0 unspecified atom stereocenters. The Morgan fingerprint density at radius 2 is 0.710 bits per heavy atom. The van der Waals surface area contributed by atoms with Crippen LogP contribution in [-0.2, 0) is 12.8 Å². The quantitative estimate of drug-likeness (QED) is 0.127. The molecule has 0 amide bonds. The van der Waals surface area contributed by atoms with Gasteiger partial charge in [-0.15, -0.1) is 0 Å². The first-order valence-electron chi connectivity index (χ1n) is 22.5. The number of rotatable bonds is 10. The molecule has 2 nitrogen and oxygen atoms in total. The molecule has 0 fully saturated rings. The molecule has 0 saturated carbocycles. The third-order valence-corrected chi connectivity index (χ3v) is 12.9. The summed E-state index contributed by atoms with van der Waals surface area (Å²) in [5, 5.41) is 12.6. The third-order valence-electron chi connectivity index (χ3n) is 12.9. The van der Waals surface area contributed by atoms with E-state index >= 15 is 0 Å². The lowest BCUT2D eigenvalue weighted by Crippen LogP contribution is -2.13. The van der Waals surface area contributed by atoms with Crippen LogP contribution in [0.4, 0.5) is 34.1 Å². The molecule has 0 radical (unpaired) electrons. The van der Waals surface area contributed by atoms with Gasteiger partial charge in [0.2, 0.25) is 0 Å². The highest BCUT2D eigenvalue weighted by atomic mass is 15.2. The van der Waals surface area contributed by atoms with Crippen LogP contribution in [0.25, 0.3) is 53.9 Å². The largest absolute Gasteiger partial charge is 0.309 e. The summed E-state index contributed by atoms with van der Waals surface area (Å²) in [6.45, 7) is 18.1. The van der Waals surface area contributed by atoms with Crippen LogP contribution in [0.5, 0.6) is 0 Å². The van der Waals surface area contributed by atoms with Crippen LogP contribution in [-0.4, -0.2) is 0 Å². The predicted octanol–water partition coefficient (Wildman–Crippen LogP) is 17.5. The highest BCUT2D eigenvalue weighted by Crippen LogP contribution is 2.50. The van der Waals surface area contributed by atoms with E-state index in [9.17, 15) is 0 Å². The first-order valence-corrected chi connectivity index (χ1v) is 22.5. The fraction of sp³-hybridized carbons (Fsp3) is 0.200. The Morgan fingerprint density at radius 3 is 1.10 bits per heavy atom. The van der Waals surface area contributed by atoms with E-state index in [2.05, 4.69) is 223 Å². The van der Waals surface area contributed by atoms with Crippen molar-refractivity contribution >= 4 is 88.0 Å². The average Bonchev–Trinajstić information content (AvgIpc) is 3.25. The number of benzene rings is 10. The third kappa shape index (κ3) is 6.92. The second-order valence-corrected chi connectivity index (χ2v) is 18.7. The van der Waals surface area contributed by atoms with E-state index in [0.717, 1.165) is 12.8 Å². The summed E-state index contributed by atoms with van der Waals surface area (Å²) in [6.07, 6.45) is 2.12. The summed E-state index contributed by atoms with van der Waals surface area (Å²) in [4.78, 5) is 5.08.